The van der Waals surface area contributed by atoms with Crippen LogP contribution >= 0.6 is 11.6 Å². The number of nitrogens with one attached hydrogen (secondary N) is 2. The van der Waals surface area contributed by atoms with Crippen molar-refractivity contribution in [3.05, 3.63) is 35.5 Å². The number of aromatic nitrogens is 1. The summed E-state index contributed by atoms with van der Waals surface area (Å²) in [5, 5.41) is 8.22. The normalized spacial score (nSPS) is 10.8. The number of anilines is 1. The lowest BCUT2D eigenvalue weighted by molar-refractivity contribution is -0.121. The highest BCUT2D eigenvalue weighted by molar-refractivity contribution is 6.31. The lowest BCUT2D eigenvalue weighted by atomic mass is 10.1. The summed E-state index contributed by atoms with van der Waals surface area (Å²) in [4.78, 5) is 16.0. The molecular formula is C20H28ClN3O. The molecule has 0 saturated heterocycles. The maximum atomic E-state index is 11.7. The zero-order valence-electron chi connectivity index (χ0n) is 15.0. The number of pyridine rings is 1. The predicted molar refractivity (Wildman–Crippen MR) is 106 cm³/mol. The van der Waals surface area contributed by atoms with Gasteiger partial charge in [0.1, 0.15) is 0 Å². The minimum atomic E-state index is 0.182. The van der Waals surface area contributed by atoms with Gasteiger partial charge in [-0.1, -0.05) is 37.8 Å². The summed E-state index contributed by atoms with van der Waals surface area (Å²) < 4.78 is 0. The maximum Gasteiger partial charge on any atom is 0.219 e. The van der Waals surface area contributed by atoms with E-state index in [0.29, 0.717) is 11.4 Å². The van der Waals surface area contributed by atoms with Gasteiger partial charge in [-0.15, -0.1) is 0 Å². The molecule has 0 bridgehead atoms. The average molecular weight is 362 g/mol. The van der Waals surface area contributed by atoms with Gasteiger partial charge in [-0.25, -0.2) is 0 Å². The zero-order valence-corrected chi connectivity index (χ0v) is 15.7. The standard InChI is InChI=1S/C20H28ClN3O/c1-2-3-4-5-8-20(25)24-13-7-6-12-22-18-11-14-23-19-15-16(21)9-10-17(18)19/h9-11,14-15H,2-8,12-13H2,1H3,(H,22,23)(H,24,25). The highest BCUT2D eigenvalue weighted by Crippen LogP contribution is 2.24. The topological polar surface area (TPSA) is 54.0 Å². The molecule has 1 amide bonds. The number of nitrogens with zero attached hydrogens (tertiary/aromatic N) is 1. The van der Waals surface area contributed by atoms with Gasteiger partial charge >= 0.3 is 0 Å². The van der Waals surface area contributed by atoms with Crippen LogP contribution in [0.4, 0.5) is 5.69 Å². The third-order valence-corrected chi connectivity index (χ3v) is 4.44. The van der Waals surface area contributed by atoms with Crippen molar-refractivity contribution in [1.82, 2.24) is 10.3 Å². The Bertz CT molecular complexity index is 675. The molecular weight excluding hydrogens is 334 g/mol. The summed E-state index contributed by atoms with van der Waals surface area (Å²) >= 11 is 6.01. The van der Waals surface area contributed by atoms with Crippen molar-refractivity contribution in [2.45, 2.75) is 51.9 Å². The molecule has 2 rings (SSSR count). The molecule has 0 aliphatic heterocycles. The molecule has 2 aromatic rings. The van der Waals surface area contributed by atoms with Crippen LogP contribution in [-0.2, 0) is 4.79 Å². The van der Waals surface area contributed by atoms with Crippen molar-refractivity contribution in [2.75, 3.05) is 18.4 Å². The number of rotatable bonds is 11. The van der Waals surface area contributed by atoms with Crippen LogP contribution in [0, 0.1) is 0 Å². The van der Waals surface area contributed by atoms with Crippen molar-refractivity contribution in [3.8, 4) is 0 Å². The van der Waals surface area contributed by atoms with Crippen molar-refractivity contribution in [2.24, 2.45) is 0 Å². The Kier molecular flexibility index (Phi) is 8.53. The number of amides is 1. The number of carbonyl (C=O) groups excluding carboxylic acids is 1. The van der Waals surface area contributed by atoms with Gasteiger partial charge < -0.3 is 10.6 Å². The van der Waals surface area contributed by atoms with Crippen LogP contribution in [0.15, 0.2) is 30.5 Å². The summed E-state index contributed by atoms with van der Waals surface area (Å²) in [6.07, 6.45) is 9.00. The van der Waals surface area contributed by atoms with Gasteiger partial charge in [0.2, 0.25) is 5.91 Å². The van der Waals surface area contributed by atoms with E-state index in [1.807, 2.05) is 24.3 Å². The lowest BCUT2D eigenvalue weighted by Gasteiger charge is -2.10. The van der Waals surface area contributed by atoms with Crippen molar-refractivity contribution in [3.63, 3.8) is 0 Å². The van der Waals surface area contributed by atoms with Gasteiger partial charge in [-0.2, -0.15) is 0 Å². The first kappa shape index (κ1) is 19.5. The van der Waals surface area contributed by atoms with E-state index < -0.39 is 0 Å². The molecule has 0 spiro atoms. The molecule has 2 N–H and O–H groups in total. The second kappa shape index (κ2) is 10.9. The SMILES string of the molecule is CCCCCCC(=O)NCCCCNc1ccnc2cc(Cl)ccc12. The minimum Gasteiger partial charge on any atom is -0.384 e. The van der Waals surface area contributed by atoms with Gasteiger partial charge in [-0.05, 0) is 43.5 Å². The number of carbonyl (C=O) groups is 1. The fourth-order valence-electron chi connectivity index (χ4n) is 2.78. The van der Waals surface area contributed by atoms with Gasteiger partial charge in [0.25, 0.3) is 0 Å². The van der Waals surface area contributed by atoms with Crippen LogP contribution in [-0.4, -0.2) is 24.0 Å². The maximum absolute atomic E-state index is 11.7. The first-order valence-corrected chi connectivity index (χ1v) is 9.63. The molecule has 4 nitrogen and oxygen atoms in total. The minimum absolute atomic E-state index is 0.182. The van der Waals surface area contributed by atoms with E-state index in [2.05, 4.69) is 22.5 Å². The molecule has 1 aromatic heterocycles. The van der Waals surface area contributed by atoms with E-state index >= 15 is 0 Å². The van der Waals surface area contributed by atoms with Gasteiger partial charge in [0.05, 0.1) is 5.52 Å². The molecule has 0 atom stereocenters. The fourth-order valence-corrected chi connectivity index (χ4v) is 2.94. The summed E-state index contributed by atoms with van der Waals surface area (Å²) in [5.74, 6) is 0.182. The van der Waals surface area contributed by atoms with E-state index in [9.17, 15) is 4.79 Å². The molecule has 1 aromatic carbocycles. The molecule has 0 radical (unpaired) electrons. The second-order valence-electron chi connectivity index (χ2n) is 6.31. The molecule has 5 heteroatoms. The Balaban J connectivity index is 1.63. The molecule has 25 heavy (non-hydrogen) atoms. The quantitative estimate of drug-likeness (QED) is 0.543. The third-order valence-electron chi connectivity index (χ3n) is 4.20. The summed E-state index contributed by atoms with van der Waals surface area (Å²) in [5.41, 5.74) is 1.97. The van der Waals surface area contributed by atoms with Gasteiger partial charge in [0.15, 0.2) is 0 Å². The largest absolute Gasteiger partial charge is 0.384 e. The number of hydrogen-bond donors (Lipinski definition) is 2. The molecule has 1 heterocycles. The Labute approximate surface area is 155 Å². The molecule has 0 aliphatic carbocycles. The fraction of sp³-hybridized carbons (Fsp3) is 0.500. The van der Waals surface area contributed by atoms with Crippen LogP contribution in [0.25, 0.3) is 10.9 Å². The zero-order chi connectivity index (χ0) is 17.9. The third kappa shape index (κ3) is 6.91. The van der Waals surface area contributed by atoms with Crippen molar-refractivity contribution in [1.29, 1.82) is 0 Å². The Morgan fingerprint density at radius 2 is 1.92 bits per heavy atom. The first-order valence-electron chi connectivity index (χ1n) is 9.25. The van der Waals surface area contributed by atoms with E-state index in [4.69, 9.17) is 11.6 Å². The van der Waals surface area contributed by atoms with Gasteiger partial charge in [0, 0.05) is 41.8 Å². The predicted octanol–water partition coefficient (Wildman–Crippen LogP) is 5.17. The number of halogens is 1. The molecule has 136 valence electrons. The molecule has 0 saturated carbocycles. The van der Waals surface area contributed by atoms with E-state index in [0.717, 1.165) is 55.4 Å². The van der Waals surface area contributed by atoms with E-state index in [1.165, 1.54) is 12.8 Å². The summed E-state index contributed by atoms with van der Waals surface area (Å²) in [7, 11) is 0. The van der Waals surface area contributed by atoms with Crippen LogP contribution < -0.4 is 10.6 Å². The highest BCUT2D eigenvalue weighted by atomic mass is 35.5. The van der Waals surface area contributed by atoms with Crippen LogP contribution in [0.5, 0.6) is 0 Å². The van der Waals surface area contributed by atoms with Crippen LogP contribution in [0.1, 0.15) is 51.9 Å². The summed E-state index contributed by atoms with van der Waals surface area (Å²) in [6.45, 7) is 3.80. The first-order chi connectivity index (χ1) is 12.2. The number of benzene rings is 1. The molecule has 0 fully saturated rings. The van der Waals surface area contributed by atoms with Crippen LogP contribution in [0.2, 0.25) is 5.02 Å². The molecule has 0 aliphatic rings. The molecule has 0 unspecified atom stereocenters. The number of hydrogen-bond acceptors (Lipinski definition) is 3. The average Bonchev–Trinajstić information content (AvgIpc) is 2.61. The van der Waals surface area contributed by atoms with Crippen molar-refractivity contribution < 1.29 is 4.79 Å². The lowest BCUT2D eigenvalue weighted by Crippen LogP contribution is -2.24. The van der Waals surface area contributed by atoms with Crippen LogP contribution in [0.3, 0.4) is 0 Å². The Hall–Kier alpha value is -1.81. The monoisotopic (exact) mass is 361 g/mol. The van der Waals surface area contributed by atoms with Crippen molar-refractivity contribution >= 4 is 34.1 Å². The van der Waals surface area contributed by atoms with E-state index in [1.54, 1.807) is 6.20 Å². The summed E-state index contributed by atoms with van der Waals surface area (Å²) in [6, 6.07) is 7.73. The second-order valence-corrected chi connectivity index (χ2v) is 6.75. The van der Waals surface area contributed by atoms with E-state index in [-0.39, 0.29) is 5.91 Å². The highest BCUT2D eigenvalue weighted by Gasteiger charge is 2.03. The smallest absolute Gasteiger partial charge is 0.219 e. The Morgan fingerprint density at radius 1 is 1.08 bits per heavy atom. The Morgan fingerprint density at radius 3 is 2.76 bits per heavy atom. The van der Waals surface area contributed by atoms with Gasteiger partial charge in [-0.3, -0.25) is 9.78 Å². The number of fused-ring (bicyclic) bond motifs is 1. The number of unbranched alkanes of at least 4 members (excludes halogenated alkanes) is 4.